The zero-order valence-electron chi connectivity index (χ0n) is 21.5. The van der Waals surface area contributed by atoms with Crippen LogP contribution in [0.4, 0.5) is 16.2 Å². The molecular formula is C27H36N6O4. The van der Waals surface area contributed by atoms with Gasteiger partial charge in [-0.3, -0.25) is 9.59 Å². The van der Waals surface area contributed by atoms with E-state index in [0.717, 1.165) is 37.3 Å². The standard InChI is InChI=1S/C27H36N6O4/c1-29-10-2-3-24(29)26(35)31-13-15-33(16-14-31)27(36)28-22-4-6-23(7-5-22)30-11-8-21(9-12-30)25(34)32-17-19-37-20-18-32/h2-7,10,21H,8-9,11-20H2,1H3,(H,28,36). The van der Waals surface area contributed by atoms with Crippen LogP contribution in [0.1, 0.15) is 23.3 Å². The van der Waals surface area contributed by atoms with Crippen molar-refractivity contribution in [1.29, 1.82) is 0 Å². The molecule has 0 saturated carbocycles. The smallest absolute Gasteiger partial charge is 0.321 e. The number of anilines is 2. The Kier molecular flexibility index (Phi) is 7.64. The van der Waals surface area contributed by atoms with Crippen LogP contribution in [0, 0.1) is 5.92 Å². The summed E-state index contributed by atoms with van der Waals surface area (Å²) >= 11 is 0. The zero-order valence-corrected chi connectivity index (χ0v) is 21.5. The third-order valence-electron chi connectivity index (χ3n) is 7.67. The molecule has 4 amide bonds. The molecule has 0 unspecified atom stereocenters. The summed E-state index contributed by atoms with van der Waals surface area (Å²) < 4.78 is 7.18. The zero-order chi connectivity index (χ0) is 25.8. The number of ether oxygens (including phenoxy) is 1. The Morgan fingerprint density at radius 3 is 2.08 bits per heavy atom. The summed E-state index contributed by atoms with van der Waals surface area (Å²) in [6.45, 7) is 6.39. The first-order valence-corrected chi connectivity index (χ1v) is 13.2. The van der Waals surface area contributed by atoms with Gasteiger partial charge in [0.15, 0.2) is 0 Å². The van der Waals surface area contributed by atoms with Crippen LogP contribution in [0.5, 0.6) is 0 Å². The number of nitrogens with zero attached hydrogens (tertiary/aromatic N) is 5. The van der Waals surface area contributed by atoms with E-state index in [2.05, 4.69) is 10.2 Å². The molecule has 3 aliphatic heterocycles. The molecule has 0 atom stereocenters. The molecule has 4 heterocycles. The lowest BCUT2D eigenvalue weighted by Crippen LogP contribution is -2.51. The lowest BCUT2D eigenvalue weighted by Gasteiger charge is -2.36. The molecule has 5 rings (SSSR count). The minimum absolute atomic E-state index is 0.00218. The van der Waals surface area contributed by atoms with E-state index in [1.807, 2.05) is 59.1 Å². The summed E-state index contributed by atoms with van der Waals surface area (Å²) in [7, 11) is 1.86. The molecule has 1 aromatic carbocycles. The number of benzene rings is 1. The van der Waals surface area contributed by atoms with Crippen LogP contribution >= 0.6 is 0 Å². The van der Waals surface area contributed by atoms with Gasteiger partial charge in [0, 0.05) is 82.9 Å². The van der Waals surface area contributed by atoms with Crippen LogP contribution in [0.2, 0.25) is 0 Å². The van der Waals surface area contributed by atoms with E-state index < -0.39 is 0 Å². The minimum Gasteiger partial charge on any atom is -0.378 e. The number of carbonyl (C=O) groups excluding carboxylic acids is 3. The van der Waals surface area contributed by atoms with E-state index in [4.69, 9.17) is 4.74 Å². The van der Waals surface area contributed by atoms with Gasteiger partial charge in [-0.1, -0.05) is 0 Å². The molecule has 0 bridgehead atoms. The van der Waals surface area contributed by atoms with Gasteiger partial charge in [0.2, 0.25) is 5.91 Å². The monoisotopic (exact) mass is 508 g/mol. The topological polar surface area (TPSA) is 90.4 Å². The molecule has 2 aromatic rings. The second-order valence-electron chi connectivity index (χ2n) is 9.96. The van der Waals surface area contributed by atoms with Crippen molar-refractivity contribution < 1.29 is 19.1 Å². The number of hydrogen-bond donors (Lipinski definition) is 1. The van der Waals surface area contributed by atoms with Crippen LogP contribution in [-0.4, -0.2) is 103 Å². The van der Waals surface area contributed by atoms with Crippen LogP contribution < -0.4 is 10.2 Å². The quantitative estimate of drug-likeness (QED) is 0.683. The Balaban J connectivity index is 1.07. The molecule has 0 aliphatic carbocycles. The maximum atomic E-state index is 12.8. The maximum absolute atomic E-state index is 12.8. The molecule has 0 radical (unpaired) electrons. The van der Waals surface area contributed by atoms with E-state index >= 15 is 0 Å². The highest BCUT2D eigenvalue weighted by molar-refractivity contribution is 5.93. The Morgan fingerprint density at radius 2 is 1.46 bits per heavy atom. The molecular weight excluding hydrogens is 472 g/mol. The van der Waals surface area contributed by atoms with Crippen molar-refractivity contribution >= 4 is 29.2 Å². The first kappa shape index (κ1) is 25.1. The van der Waals surface area contributed by atoms with E-state index in [1.54, 1.807) is 9.80 Å². The van der Waals surface area contributed by atoms with Crippen molar-refractivity contribution in [2.45, 2.75) is 12.8 Å². The van der Waals surface area contributed by atoms with Crippen LogP contribution in [0.25, 0.3) is 0 Å². The molecule has 10 nitrogen and oxygen atoms in total. The molecule has 10 heteroatoms. The van der Waals surface area contributed by atoms with Crippen molar-refractivity contribution in [2.75, 3.05) is 75.8 Å². The Bertz CT molecular complexity index is 1090. The highest BCUT2D eigenvalue weighted by atomic mass is 16.5. The van der Waals surface area contributed by atoms with Crippen molar-refractivity contribution in [2.24, 2.45) is 13.0 Å². The Hall–Kier alpha value is -3.53. The SMILES string of the molecule is Cn1cccc1C(=O)N1CCN(C(=O)Nc2ccc(N3CCC(C(=O)N4CCOCC4)CC3)cc2)CC1. The first-order valence-electron chi connectivity index (χ1n) is 13.2. The van der Waals surface area contributed by atoms with E-state index in [0.29, 0.717) is 58.2 Å². The van der Waals surface area contributed by atoms with Crippen molar-refractivity contribution in [3.8, 4) is 0 Å². The molecule has 3 aliphatic rings. The molecule has 37 heavy (non-hydrogen) atoms. The molecule has 0 spiro atoms. The summed E-state index contributed by atoms with van der Waals surface area (Å²) in [5.74, 6) is 0.361. The first-order chi connectivity index (χ1) is 18.0. The van der Waals surface area contributed by atoms with Crippen LogP contribution in [-0.2, 0) is 16.6 Å². The average Bonchev–Trinajstić information content (AvgIpc) is 3.39. The summed E-state index contributed by atoms with van der Waals surface area (Å²) in [4.78, 5) is 46.1. The summed E-state index contributed by atoms with van der Waals surface area (Å²) in [6, 6.07) is 11.4. The number of nitrogens with one attached hydrogen (secondary N) is 1. The highest BCUT2D eigenvalue weighted by Gasteiger charge is 2.30. The molecule has 3 saturated heterocycles. The lowest BCUT2D eigenvalue weighted by molar-refractivity contribution is -0.140. The number of carbonyl (C=O) groups is 3. The maximum Gasteiger partial charge on any atom is 0.321 e. The van der Waals surface area contributed by atoms with Crippen molar-refractivity contribution in [3.05, 3.63) is 48.3 Å². The van der Waals surface area contributed by atoms with Crippen molar-refractivity contribution in [3.63, 3.8) is 0 Å². The second kappa shape index (κ2) is 11.2. The van der Waals surface area contributed by atoms with Gasteiger partial charge in [0.05, 0.1) is 13.2 Å². The highest BCUT2D eigenvalue weighted by Crippen LogP contribution is 2.26. The van der Waals surface area contributed by atoms with E-state index in [-0.39, 0.29) is 23.8 Å². The van der Waals surface area contributed by atoms with Gasteiger partial charge < -0.3 is 34.2 Å². The number of morpholine rings is 1. The number of piperazine rings is 1. The van der Waals surface area contributed by atoms with Crippen molar-refractivity contribution in [1.82, 2.24) is 19.3 Å². The van der Waals surface area contributed by atoms with Gasteiger partial charge >= 0.3 is 6.03 Å². The predicted octanol–water partition coefficient (Wildman–Crippen LogP) is 2.09. The third kappa shape index (κ3) is 5.74. The fourth-order valence-electron chi connectivity index (χ4n) is 5.34. The fraction of sp³-hybridized carbons (Fsp3) is 0.519. The molecule has 1 aromatic heterocycles. The van der Waals surface area contributed by atoms with Gasteiger partial charge in [-0.05, 0) is 49.2 Å². The number of piperidine rings is 1. The van der Waals surface area contributed by atoms with Crippen LogP contribution in [0.15, 0.2) is 42.6 Å². The van der Waals surface area contributed by atoms with Crippen LogP contribution in [0.3, 0.4) is 0 Å². The largest absolute Gasteiger partial charge is 0.378 e. The minimum atomic E-state index is -0.152. The van der Waals surface area contributed by atoms with E-state index in [1.165, 1.54) is 0 Å². The number of amides is 4. The number of rotatable bonds is 4. The Labute approximate surface area is 217 Å². The molecule has 1 N–H and O–H groups in total. The third-order valence-corrected chi connectivity index (χ3v) is 7.67. The lowest BCUT2D eigenvalue weighted by atomic mass is 9.94. The van der Waals surface area contributed by atoms with E-state index in [9.17, 15) is 14.4 Å². The number of aromatic nitrogens is 1. The summed E-state index contributed by atoms with van der Waals surface area (Å²) in [5, 5.41) is 2.98. The molecule has 198 valence electrons. The van der Waals surface area contributed by atoms with Gasteiger partial charge in [-0.25, -0.2) is 4.79 Å². The van der Waals surface area contributed by atoms with Gasteiger partial charge in [0.1, 0.15) is 5.69 Å². The Morgan fingerprint density at radius 1 is 0.811 bits per heavy atom. The number of hydrogen-bond acceptors (Lipinski definition) is 5. The fourth-order valence-corrected chi connectivity index (χ4v) is 5.34. The molecule has 3 fully saturated rings. The summed E-state index contributed by atoms with van der Waals surface area (Å²) in [5.41, 5.74) is 2.50. The normalized spacial score (nSPS) is 19.2. The number of aryl methyl sites for hydroxylation is 1. The van der Waals surface area contributed by atoms with Gasteiger partial charge in [-0.2, -0.15) is 0 Å². The average molecular weight is 509 g/mol. The predicted molar refractivity (Wildman–Crippen MR) is 141 cm³/mol. The van der Waals surface area contributed by atoms with Gasteiger partial charge in [-0.15, -0.1) is 0 Å². The number of urea groups is 1. The summed E-state index contributed by atoms with van der Waals surface area (Å²) in [6.07, 6.45) is 3.57. The second-order valence-corrected chi connectivity index (χ2v) is 9.96. The van der Waals surface area contributed by atoms with Gasteiger partial charge in [0.25, 0.3) is 5.91 Å².